The lowest BCUT2D eigenvalue weighted by Gasteiger charge is -2.22. The molecule has 2 aliphatic rings. The highest BCUT2D eigenvalue weighted by atomic mass is 32.2. The van der Waals surface area contributed by atoms with Crippen molar-refractivity contribution in [1.82, 2.24) is 10.6 Å². The number of hydrogen-bond acceptors (Lipinski definition) is 3. The summed E-state index contributed by atoms with van der Waals surface area (Å²) in [6, 6.07) is -0.0621. The smallest absolute Gasteiger partial charge is 0.321 e. The van der Waals surface area contributed by atoms with Crippen molar-refractivity contribution in [2.45, 2.75) is 69.1 Å². The maximum Gasteiger partial charge on any atom is 0.321 e. The summed E-state index contributed by atoms with van der Waals surface area (Å²) in [5, 5.41) is 5.96. The molecule has 0 heterocycles. The van der Waals surface area contributed by atoms with Crippen LogP contribution in [0.3, 0.4) is 0 Å². The van der Waals surface area contributed by atoms with Crippen LogP contribution in [-0.4, -0.2) is 29.0 Å². The molecule has 0 radical (unpaired) electrons. The van der Waals surface area contributed by atoms with Crippen molar-refractivity contribution in [3.05, 3.63) is 0 Å². The lowest BCUT2D eigenvalue weighted by Crippen LogP contribution is -2.45. The minimum absolute atomic E-state index is 0.162. The van der Waals surface area contributed by atoms with Gasteiger partial charge in [0.2, 0.25) is 5.91 Å². The third kappa shape index (κ3) is 5.43. The molecule has 0 unspecified atom stereocenters. The summed E-state index contributed by atoms with van der Waals surface area (Å²) in [4.78, 5) is 23.3. The van der Waals surface area contributed by atoms with Gasteiger partial charge in [-0.3, -0.25) is 10.1 Å². The molecule has 3 amide bonds. The average Bonchev–Trinajstić information content (AvgIpc) is 2.90. The second-order valence-corrected chi connectivity index (χ2v) is 6.86. The third-order valence-corrected chi connectivity index (χ3v) is 5.32. The first-order valence-corrected chi connectivity index (χ1v) is 8.51. The molecular weight excluding hydrogens is 260 g/mol. The summed E-state index contributed by atoms with van der Waals surface area (Å²) in [5.74, 6) is 0.244. The van der Waals surface area contributed by atoms with Crippen LogP contribution in [0.15, 0.2) is 0 Å². The highest BCUT2D eigenvalue weighted by molar-refractivity contribution is 8.00. The zero-order valence-electron chi connectivity index (χ0n) is 11.5. The predicted octanol–water partition coefficient (Wildman–Crippen LogP) is 2.82. The molecule has 0 bridgehead atoms. The number of rotatable bonds is 4. The summed E-state index contributed by atoms with van der Waals surface area (Å²) in [5.41, 5.74) is 0. The number of imide groups is 1. The SMILES string of the molecule is O=C(CSC1CCCC1)NC(=O)NC1CCCCC1. The topological polar surface area (TPSA) is 58.2 Å². The van der Waals surface area contributed by atoms with E-state index in [0.717, 1.165) is 12.8 Å². The van der Waals surface area contributed by atoms with E-state index in [2.05, 4.69) is 10.6 Å². The zero-order chi connectivity index (χ0) is 13.5. The van der Waals surface area contributed by atoms with Crippen LogP contribution in [0.1, 0.15) is 57.8 Å². The van der Waals surface area contributed by atoms with E-state index in [4.69, 9.17) is 0 Å². The van der Waals surface area contributed by atoms with E-state index in [1.165, 1.54) is 44.9 Å². The van der Waals surface area contributed by atoms with E-state index in [1.54, 1.807) is 11.8 Å². The largest absolute Gasteiger partial charge is 0.335 e. The van der Waals surface area contributed by atoms with Crippen LogP contribution in [0, 0.1) is 0 Å². The van der Waals surface area contributed by atoms with E-state index < -0.39 is 0 Å². The normalized spacial score (nSPS) is 21.3. The van der Waals surface area contributed by atoms with Crippen molar-refractivity contribution in [3.63, 3.8) is 0 Å². The first kappa shape index (κ1) is 14.7. The van der Waals surface area contributed by atoms with Crippen molar-refractivity contribution in [2.75, 3.05) is 5.75 Å². The van der Waals surface area contributed by atoms with Gasteiger partial charge < -0.3 is 5.32 Å². The molecule has 19 heavy (non-hydrogen) atoms. The first-order chi connectivity index (χ1) is 9.24. The van der Waals surface area contributed by atoms with Gasteiger partial charge in [0.1, 0.15) is 0 Å². The summed E-state index contributed by atoms with van der Waals surface area (Å²) < 4.78 is 0. The Hall–Kier alpha value is -0.710. The Kier molecular flexibility index (Phi) is 6.01. The van der Waals surface area contributed by atoms with Crippen LogP contribution in [0.2, 0.25) is 0 Å². The Balaban J connectivity index is 1.59. The van der Waals surface area contributed by atoms with Gasteiger partial charge in [-0.15, -0.1) is 11.8 Å². The molecule has 2 aliphatic carbocycles. The monoisotopic (exact) mass is 284 g/mol. The van der Waals surface area contributed by atoms with Crippen molar-refractivity contribution in [3.8, 4) is 0 Å². The first-order valence-electron chi connectivity index (χ1n) is 7.46. The summed E-state index contributed by atoms with van der Waals surface area (Å²) in [6.45, 7) is 0. The molecule has 2 fully saturated rings. The van der Waals surface area contributed by atoms with Gasteiger partial charge in [0.25, 0.3) is 0 Å². The Morgan fingerprint density at radius 2 is 1.58 bits per heavy atom. The molecular formula is C14H24N2O2S. The van der Waals surface area contributed by atoms with Gasteiger partial charge in [-0.2, -0.15) is 0 Å². The molecule has 4 nitrogen and oxygen atoms in total. The van der Waals surface area contributed by atoms with Crippen LogP contribution in [0.25, 0.3) is 0 Å². The molecule has 0 aromatic rings. The molecule has 0 atom stereocenters. The van der Waals surface area contributed by atoms with Crippen molar-refractivity contribution < 1.29 is 9.59 Å². The molecule has 108 valence electrons. The second-order valence-electron chi connectivity index (χ2n) is 5.57. The molecule has 2 rings (SSSR count). The second kappa shape index (κ2) is 7.78. The van der Waals surface area contributed by atoms with Crippen molar-refractivity contribution in [1.29, 1.82) is 0 Å². The fourth-order valence-electron chi connectivity index (χ4n) is 2.88. The highest BCUT2D eigenvalue weighted by Gasteiger charge is 2.19. The van der Waals surface area contributed by atoms with E-state index >= 15 is 0 Å². The Morgan fingerprint density at radius 3 is 2.26 bits per heavy atom. The fraction of sp³-hybridized carbons (Fsp3) is 0.857. The van der Waals surface area contributed by atoms with Gasteiger partial charge in [0.05, 0.1) is 5.75 Å². The minimum atomic E-state index is -0.316. The molecule has 0 spiro atoms. The van der Waals surface area contributed by atoms with E-state index in [-0.39, 0.29) is 18.0 Å². The third-order valence-electron chi connectivity index (χ3n) is 3.95. The van der Waals surface area contributed by atoms with Gasteiger partial charge in [-0.25, -0.2) is 4.79 Å². The maximum absolute atomic E-state index is 11.7. The van der Waals surface area contributed by atoms with Gasteiger partial charge >= 0.3 is 6.03 Å². The summed E-state index contributed by atoms with van der Waals surface area (Å²) in [7, 11) is 0. The van der Waals surface area contributed by atoms with Crippen LogP contribution >= 0.6 is 11.8 Å². The number of hydrogen-bond donors (Lipinski definition) is 2. The van der Waals surface area contributed by atoms with Crippen LogP contribution in [0.5, 0.6) is 0 Å². The van der Waals surface area contributed by atoms with E-state index in [0.29, 0.717) is 11.0 Å². The summed E-state index contributed by atoms with van der Waals surface area (Å²) in [6.07, 6.45) is 10.7. The summed E-state index contributed by atoms with van der Waals surface area (Å²) >= 11 is 1.69. The fourth-order valence-corrected chi connectivity index (χ4v) is 4.01. The quantitative estimate of drug-likeness (QED) is 0.834. The van der Waals surface area contributed by atoms with Crippen molar-refractivity contribution in [2.24, 2.45) is 0 Å². The van der Waals surface area contributed by atoms with Crippen LogP contribution in [0.4, 0.5) is 4.79 Å². The zero-order valence-corrected chi connectivity index (χ0v) is 12.3. The number of nitrogens with one attached hydrogen (secondary N) is 2. The molecule has 5 heteroatoms. The average molecular weight is 284 g/mol. The van der Waals surface area contributed by atoms with Crippen LogP contribution < -0.4 is 10.6 Å². The molecule has 0 aliphatic heterocycles. The highest BCUT2D eigenvalue weighted by Crippen LogP contribution is 2.29. The number of carbonyl (C=O) groups is 2. The standard InChI is InChI=1S/C14H24N2O2S/c17-13(10-19-12-8-4-5-9-12)16-14(18)15-11-6-2-1-3-7-11/h11-12H,1-10H2,(H2,15,16,17,18). The Bertz CT molecular complexity index is 311. The van der Waals surface area contributed by atoms with E-state index in [9.17, 15) is 9.59 Å². The molecule has 0 saturated heterocycles. The van der Waals surface area contributed by atoms with Gasteiger partial charge in [-0.1, -0.05) is 32.1 Å². The van der Waals surface area contributed by atoms with Gasteiger partial charge in [0, 0.05) is 11.3 Å². The number of carbonyl (C=O) groups excluding carboxylic acids is 2. The lowest BCUT2D eigenvalue weighted by atomic mass is 9.96. The van der Waals surface area contributed by atoms with Gasteiger partial charge in [-0.05, 0) is 25.7 Å². The van der Waals surface area contributed by atoms with Crippen molar-refractivity contribution >= 4 is 23.7 Å². The Labute approximate surface area is 119 Å². The Morgan fingerprint density at radius 1 is 0.947 bits per heavy atom. The maximum atomic E-state index is 11.7. The molecule has 2 saturated carbocycles. The number of amides is 3. The minimum Gasteiger partial charge on any atom is -0.335 e. The number of urea groups is 1. The lowest BCUT2D eigenvalue weighted by molar-refractivity contribution is -0.117. The molecule has 0 aromatic carbocycles. The van der Waals surface area contributed by atoms with E-state index in [1.807, 2.05) is 0 Å². The molecule has 0 aromatic heterocycles. The molecule has 2 N–H and O–H groups in total. The van der Waals surface area contributed by atoms with Gasteiger partial charge in [0.15, 0.2) is 0 Å². The number of thioether (sulfide) groups is 1. The predicted molar refractivity (Wildman–Crippen MR) is 78.3 cm³/mol. The van der Waals surface area contributed by atoms with Crippen LogP contribution in [-0.2, 0) is 4.79 Å².